The van der Waals surface area contributed by atoms with Crippen LogP contribution in [0.5, 0.6) is 0 Å². The van der Waals surface area contributed by atoms with Crippen LogP contribution in [0.2, 0.25) is 0 Å². The number of hydrogen-bond donors (Lipinski definition) is 0. The van der Waals surface area contributed by atoms with Gasteiger partial charge in [-0.05, 0) is 18.1 Å². The first-order chi connectivity index (χ1) is 10.8. The van der Waals surface area contributed by atoms with E-state index in [0.717, 1.165) is 37.2 Å². The lowest BCUT2D eigenvalue weighted by molar-refractivity contribution is 0.0455. The molecule has 3 heteroatoms. The lowest BCUT2D eigenvalue weighted by atomic mass is 9.90. The summed E-state index contributed by atoms with van der Waals surface area (Å²) in [6.07, 6.45) is 1.08. The highest BCUT2D eigenvalue weighted by Crippen LogP contribution is 2.49. The molecule has 2 aromatic carbocycles. The predicted octanol–water partition coefficient (Wildman–Crippen LogP) is 3.07. The van der Waals surface area contributed by atoms with Gasteiger partial charge in [0.25, 0.3) is 5.91 Å². The molecule has 2 aliphatic rings. The Balaban J connectivity index is 2.00. The van der Waals surface area contributed by atoms with Crippen LogP contribution in [-0.4, -0.2) is 35.3 Å². The number of amides is 1. The van der Waals surface area contributed by atoms with Crippen molar-refractivity contribution in [3.8, 4) is 0 Å². The molecule has 0 saturated carbocycles. The van der Waals surface area contributed by atoms with E-state index in [0.29, 0.717) is 0 Å². The van der Waals surface area contributed by atoms with Crippen LogP contribution in [0, 0.1) is 0 Å². The van der Waals surface area contributed by atoms with Crippen molar-refractivity contribution < 1.29 is 4.79 Å². The van der Waals surface area contributed by atoms with Crippen LogP contribution < -0.4 is 0 Å². The molecule has 2 heterocycles. The normalized spacial score (nSPS) is 23.7. The minimum Gasteiger partial charge on any atom is -0.311 e. The van der Waals surface area contributed by atoms with Crippen molar-refractivity contribution in [1.82, 2.24) is 9.80 Å². The molecule has 112 valence electrons. The average molecular weight is 292 g/mol. The Hall–Kier alpha value is -2.13. The van der Waals surface area contributed by atoms with Crippen LogP contribution in [0.1, 0.15) is 34.8 Å². The Morgan fingerprint density at radius 1 is 1.00 bits per heavy atom. The molecule has 1 atom stereocenters. The minimum absolute atomic E-state index is 0.165. The van der Waals surface area contributed by atoms with Crippen LogP contribution in [0.25, 0.3) is 0 Å². The van der Waals surface area contributed by atoms with Gasteiger partial charge < -0.3 is 4.90 Å². The lowest BCUT2D eigenvalue weighted by Crippen LogP contribution is -2.49. The Morgan fingerprint density at radius 3 is 2.50 bits per heavy atom. The van der Waals surface area contributed by atoms with Crippen molar-refractivity contribution in [2.75, 3.05) is 19.6 Å². The van der Waals surface area contributed by atoms with Gasteiger partial charge in [0.2, 0.25) is 0 Å². The zero-order chi connectivity index (χ0) is 15.2. The van der Waals surface area contributed by atoms with Gasteiger partial charge in [0.05, 0.1) is 0 Å². The van der Waals surface area contributed by atoms with Gasteiger partial charge in [-0.15, -0.1) is 0 Å². The molecule has 1 fully saturated rings. The summed E-state index contributed by atoms with van der Waals surface area (Å²) in [5.74, 6) is 0.165. The summed E-state index contributed by atoms with van der Waals surface area (Å²) in [6, 6.07) is 18.6. The van der Waals surface area contributed by atoms with Crippen LogP contribution >= 0.6 is 0 Å². The van der Waals surface area contributed by atoms with Gasteiger partial charge in [-0.25, -0.2) is 0 Å². The molecule has 1 amide bonds. The monoisotopic (exact) mass is 292 g/mol. The summed E-state index contributed by atoms with van der Waals surface area (Å²) in [5, 5.41) is 0. The Kier molecular flexibility index (Phi) is 3.05. The molecule has 2 aliphatic heterocycles. The van der Waals surface area contributed by atoms with Crippen LogP contribution in [0.3, 0.4) is 0 Å². The second-order valence-electron chi connectivity index (χ2n) is 6.03. The number of fused-ring (bicyclic) bond motifs is 3. The fourth-order valence-electron chi connectivity index (χ4n) is 4.11. The molecule has 1 unspecified atom stereocenters. The highest BCUT2D eigenvalue weighted by molar-refractivity contribution is 6.01. The predicted molar refractivity (Wildman–Crippen MR) is 86.6 cm³/mol. The third-order valence-corrected chi connectivity index (χ3v) is 4.89. The second-order valence-corrected chi connectivity index (χ2v) is 6.03. The molecular formula is C19H20N2O. The molecule has 0 aromatic heterocycles. The van der Waals surface area contributed by atoms with Crippen LogP contribution in [0.4, 0.5) is 0 Å². The fraction of sp³-hybridized carbons (Fsp3) is 0.316. The van der Waals surface area contributed by atoms with E-state index in [4.69, 9.17) is 0 Å². The van der Waals surface area contributed by atoms with Crippen LogP contribution in [0.15, 0.2) is 54.6 Å². The number of carbonyl (C=O) groups is 1. The van der Waals surface area contributed by atoms with Gasteiger partial charge in [0, 0.05) is 30.8 Å². The maximum absolute atomic E-state index is 12.9. The van der Waals surface area contributed by atoms with Crippen molar-refractivity contribution in [1.29, 1.82) is 0 Å². The maximum Gasteiger partial charge on any atom is 0.256 e. The molecule has 0 N–H and O–H groups in total. The number of nitrogens with zero attached hydrogens (tertiary/aromatic N) is 2. The third kappa shape index (κ3) is 1.57. The van der Waals surface area contributed by atoms with E-state index in [1.54, 1.807) is 0 Å². The topological polar surface area (TPSA) is 23.6 Å². The maximum atomic E-state index is 12.9. The molecule has 0 spiro atoms. The molecule has 4 rings (SSSR count). The van der Waals surface area contributed by atoms with E-state index in [2.05, 4.69) is 47.1 Å². The number of rotatable bonds is 3. The van der Waals surface area contributed by atoms with Crippen molar-refractivity contribution in [2.24, 2.45) is 0 Å². The summed E-state index contributed by atoms with van der Waals surface area (Å²) in [4.78, 5) is 17.4. The average Bonchev–Trinajstić information content (AvgIpc) is 3.06. The third-order valence-electron chi connectivity index (χ3n) is 4.89. The summed E-state index contributed by atoms with van der Waals surface area (Å²) >= 11 is 0. The first-order valence-electron chi connectivity index (χ1n) is 8.02. The standard InChI is InChI=1S/C19H20N2O/c1-2-12-20-13-14-21-18(22)16-10-6-7-11-17(16)19(20,21)15-8-4-3-5-9-15/h3-11H,2,12-14H2,1H3. The van der Waals surface area contributed by atoms with Crippen molar-refractivity contribution in [2.45, 2.75) is 19.0 Å². The van der Waals surface area contributed by atoms with Gasteiger partial charge >= 0.3 is 0 Å². The lowest BCUT2D eigenvalue weighted by Gasteiger charge is -2.40. The molecule has 1 saturated heterocycles. The molecule has 0 radical (unpaired) electrons. The van der Waals surface area contributed by atoms with Gasteiger partial charge in [0.1, 0.15) is 5.66 Å². The summed E-state index contributed by atoms with van der Waals surface area (Å²) in [6.45, 7) is 4.92. The Morgan fingerprint density at radius 2 is 1.73 bits per heavy atom. The minimum atomic E-state index is -0.412. The SMILES string of the molecule is CCCN1CCN2C(=O)c3ccccc3C12c1ccccc1. The highest BCUT2D eigenvalue weighted by Gasteiger charge is 2.57. The van der Waals surface area contributed by atoms with Crippen LogP contribution in [-0.2, 0) is 5.66 Å². The first kappa shape index (κ1) is 13.5. The number of hydrogen-bond acceptors (Lipinski definition) is 2. The molecule has 0 aliphatic carbocycles. The zero-order valence-electron chi connectivity index (χ0n) is 12.8. The Labute approximate surface area is 131 Å². The molecule has 3 nitrogen and oxygen atoms in total. The van der Waals surface area contributed by atoms with Gasteiger partial charge in [-0.1, -0.05) is 55.5 Å². The van der Waals surface area contributed by atoms with E-state index in [1.165, 1.54) is 5.56 Å². The summed E-state index contributed by atoms with van der Waals surface area (Å²) in [7, 11) is 0. The molecule has 2 aromatic rings. The largest absolute Gasteiger partial charge is 0.311 e. The fourth-order valence-corrected chi connectivity index (χ4v) is 4.11. The van der Waals surface area contributed by atoms with Crippen molar-refractivity contribution in [3.05, 3.63) is 71.3 Å². The van der Waals surface area contributed by atoms with Gasteiger partial charge in [-0.3, -0.25) is 9.69 Å². The van der Waals surface area contributed by atoms with Crippen molar-refractivity contribution in [3.63, 3.8) is 0 Å². The van der Waals surface area contributed by atoms with E-state index < -0.39 is 5.66 Å². The number of carbonyl (C=O) groups excluding carboxylic acids is 1. The first-order valence-corrected chi connectivity index (χ1v) is 8.02. The molecular weight excluding hydrogens is 272 g/mol. The smallest absolute Gasteiger partial charge is 0.256 e. The molecule has 0 bridgehead atoms. The van der Waals surface area contributed by atoms with E-state index >= 15 is 0 Å². The zero-order valence-corrected chi connectivity index (χ0v) is 12.8. The van der Waals surface area contributed by atoms with Gasteiger partial charge in [-0.2, -0.15) is 0 Å². The second kappa shape index (κ2) is 4.96. The Bertz CT molecular complexity index is 712. The molecule has 22 heavy (non-hydrogen) atoms. The van der Waals surface area contributed by atoms with Gasteiger partial charge in [0.15, 0.2) is 0 Å². The van der Waals surface area contributed by atoms with E-state index in [-0.39, 0.29) is 5.91 Å². The highest BCUT2D eigenvalue weighted by atomic mass is 16.2. The van der Waals surface area contributed by atoms with E-state index in [1.807, 2.05) is 24.3 Å². The summed E-state index contributed by atoms with van der Waals surface area (Å²) in [5.41, 5.74) is 2.77. The number of benzene rings is 2. The summed E-state index contributed by atoms with van der Waals surface area (Å²) < 4.78 is 0. The van der Waals surface area contributed by atoms with E-state index in [9.17, 15) is 4.79 Å². The quantitative estimate of drug-likeness (QED) is 0.868. The van der Waals surface area contributed by atoms with Crippen molar-refractivity contribution >= 4 is 5.91 Å².